The second-order valence-electron chi connectivity index (χ2n) is 8.98. The van der Waals surface area contributed by atoms with E-state index in [1.165, 1.54) is 38.3 Å². The number of nitrogens with zero attached hydrogens (tertiary/aromatic N) is 3. The molecule has 1 saturated carbocycles. The fraction of sp³-hybridized carbons (Fsp3) is 0.417. The molecule has 0 bridgehead atoms. The third-order valence-corrected chi connectivity index (χ3v) is 7.06. The van der Waals surface area contributed by atoms with Gasteiger partial charge >= 0.3 is 0 Å². The maximum absolute atomic E-state index is 14.4. The number of hydrogen-bond acceptors (Lipinski definition) is 6. The summed E-state index contributed by atoms with van der Waals surface area (Å²) < 4.78 is 39.6. The van der Waals surface area contributed by atoms with E-state index in [1.807, 2.05) is 0 Å². The highest BCUT2D eigenvalue weighted by Gasteiger charge is 2.39. The van der Waals surface area contributed by atoms with Crippen molar-refractivity contribution in [3.05, 3.63) is 47.2 Å². The lowest BCUT2D eigenvalue weighted by atomic mass is 10.0. The number of hydrogen-bond donors (Lipinski definition) is 1. The van der Waals surface area contributed by atoms with Crippen LogP contribution < -0.4 is 14.8 Å². The van der Waals surface area contributed by atoms with Crippen molar-refractivity contribution in [2.24, 2.45) is 17.8 Å². The van der Waals surface area contributed by atoms with E-state index in [0.29, 0.717) is 40.7 Å². The molecule has 3 aromatic rings. The standard InChI is InChI=1S/C24H25ClF2N4O2/c1-31-9-14-5-13(6-15(14)10-31)11-33-21-8-19-16(7-20(21)32-2)24(29-12-28-19)30-18-4-3-17(26)22(25)23(18)27/h3-4,7-8,12-15H,5-6,9-11H2,1-2H3,(H,28,29,30)/t13?,14-,15?/m1/s1. The van der Waals surface area contributed by atoms with E-state index in [2.05, 4.69) is 27.2 Å². The van der Waals surface area contributed by atoms with Crippen molar-refractivity contribution in [2.45, 2.75) is 12.8 Å². The number of aromatic nitrogens is 2. The average Bonchev–Trinajstić information content (AvgIpc) is 3.34. The molecular formula is C24H25ClF2N4O2. The van der Waals surface area contributed by atoms with Crippen molar-refractivity contribution in [1.82, 2.24) is 14.9 Å². The number of anilines is 2. The van der Waals surface area contributed by atoms with Crippen LogP contribution in [-0.2, 0) is 0 Å². The van der Waals surface area contributed by atoms with Gasteiger partial charge in [0.15, 0.2) is 17.3 Å². The van der Waals surface area contributed by atoms with Crippen molar-refractivity contribution in [2.75, 3.05) is 39.2 Å². The molecule has 0 radical (unpaired) electrons. The minimum absolute atomic E-state index is 0.0121. The fourth-order valence-electron chi connectivity index (χ4n) is 5.19. The van der Waals surface area contributed by atoms with Crippen molar-refractivity contribution in [3.8, 4) is 11.5 Å². The highest BCUT2D eigenvalue weighted by Crippen LogP contribution is 2.42. The lowest BCUT2D eigenvalue weighted by Crippen LogP contribution is -2.18. The predicted octanol–water partition coefficient (Wildman–Crippen LogP) is 5.28. The summed E-state index contributed by atoms with van der Waals surface area (Å²) in [7, 11) is 3.76. The van der Waals surface area contributed by atoms with E-state index in [9.17, 15) is 8.78 Å². The number of rotatable bonds is 6. The molecule has 2 aliphatic rings. The molecule has 0 spiro atoms. The van der Waals surface area contributed by atoms with Crippen LogP contribution >= 0.6 is 11.6 Å². The molecule has 1 aromatic heterocycles. The predicted molar refractivity (Wildman–Crippen MR) is 123 cm³/mol. The van der Waals surface area contributed by atoms with Crippen LogP contribution in [0.2, 0.25) is 5.02 Å². The Bertz CT molecular complexity index is 1180. The van der Waals surface area contributed by atoms with Gasteiger partial charge in [0.2, 0.25) is 0 Å². The highest BCUT2D eigenvalue weighted by molar-refractivity contribution is 6.31. The Morgan fingerprint density at radius 3 is 2.61 bits per heavy atom. The summed E-state index contributed by atoms with van der Waals surface area (Å²) >= 11 is 5.70. The molecule has 3 atom stereocenters. The molecule has 1 saturated heterocycles. The van der Waals surface area contributed by atoms with Gasteiger partial charge in [0.05, 0.1) is 24.9 Å². The Morgan fingerprint density at radius 2 is 1.88 bits per heavy atom. The number of methoxy groups -OCH3 is 1. The van der Waals surface area contributed by atoms with Gasteiger partial charge in [0.1, 0.15) is 23.0 Å². The first-order valence-corrected chi connectivity index (χ1v) is 11.3. The second-order valence-corrected chi connectivity index (χ2v) is 9.36. The van der Waals surface area contributed by atoms with Gasteiger partial charge in [-0.15, -0.1) is 0 Å². The molecule has 1 aliphatic carbocycles. The number of ether oxygens (including phenoxy) is 2. The van der Waals surface area contributed by atoms with E-state index in [1.54, 1.807) is 19.2 Å². The first kappa shape index (κ1) is 22.1. The maximum Gasteiger partial charge on any atom is 0.168 e. The monoisotopic (exact) mass is 474 g/mol. The van der Waals surface area contributed by atoms with E-state index in [0.717, 1.165) is 17.9 Å². The van der Waals surface area contributed by atoms with E-state index < -0.39 is 16.7 Å². The van der Waals surface area contributed by atoms with Crippen LogP contribution in [0.25, 0.3) is 10.9 Å². The Labute approximate surface area is 195 Å². The van der Waals surface area contributed by atoms with Crippen molar-refractivity contribution in [1.29, 1.82) is 0 Å². The summed E-state index contributed by atoms with van der Waals surface area (Å²) in [6.07, 6.45) is 3.75. The molecule has 9 heteroatoms. The summed E-state index contributed by atoms with van der Waals surface area (Å²) in [6, 6.07) is 5.93. The quantitative estimate of drug-likeness (QED) is 0.490. The number of nitrogens with one attached hydrogen (secondary N) is 1. The maximum atomic E-state index is 14.4. The number of likely N-dealkylation sites (tertiary alicyclic amines) is 1. The van der Waals surface area contributed by atoms with Crippen LogP contribution in [0.5, 0.6) is 11.5 Å². The zero-order chi connectivity index (χ0) is 23.1. The Kier molecular flexibility index (Phi) is 5.97. The van der Waals surface area contributed by atoms with E-state index in [-0.39, 0.29) is 5.69 Å². The van der Waals surface area contributed by atoms with Crippen LogP contribution in [0.3, 0.4) is 0 Å². The normalized spacial score (nSPS) is 22.5. The first-order chi connectivity index (χ1) is 15.9. The summed E-state index contributed by atoms with van der Waals surface area (Å²) in [6.45, 7) is 2.98. The van der Waals surface area contributed by atoms with Gasteiger partial charge < -0.3 is 19.7 Å². The molecular weight excluding hydrogens is 450 g/mol. The highest BCUT2D eigenvalue weighted by atomic mass is 35.5. The average molecular weight is 475 g/mol. The third kappa shape index (κ3) is 4.29. The molecule has 174 valence electrons. The van der Waals surface area contributed by atoms with Gasteiger partial charge in [-0.25, -0.2) is 18.7 Å². The molecule has 2 aromatic carbocycles. The van der Waals surface area contributed by atoms with Crippen molar-refractivity contribution in [3.63, 3.8) is 0 Å². The van der Waals surface area contributed by atoms with Gasteiger partial charge in [0, 0.05) is 24.5 Å². The summed E-state index contributed by atoms with van der Waals surface area (Å²) in [5.74, 6) is 1.85. The molecule has 33 heavy (non-hydrogen) atoms. The molecule has 2 heterocycles. The third-order valence-electron chi connectivity index (χ3n) is 6.71. The summed E-state index contributed by atoms with van der Waals surface area (Å²) in [5.41, 5.74) is 0.625. The molecule has 1 aliphatic heterocycles. The van der Waals surface area contributed by atoms with Gasteiger partial charge in [-0.1, -0.05) is 11.6 Å². The van der Waals surface area contributed by atoms with Crippen LogP contribution in [0.15, 0.2) is 30.6 Å². The lowest BCUT2D eigenvalue weighted by Gasteiger charge is -2.17. The number of halogens is 3. The lowest BCUT2D eigenvalue weighted by molar-refractivity contribution is 0.227. The Morgan fingerprint density at radius 1 is 1.12 bits per heavy atom. The SMILES string of the molecule is COc1cc2c(Nc3ccc(F)c(Cl)c3F)ncnc2cc1OCC1CC2CN(C)C[C@H]2C1. The molecule has 2 fully saturated rings. The molecule has 6 nitrogen and oxygen atoms in total. The molecule has 5 rings (SSSR count). The smallest absolute Gasteiger partial charge is 0.168 e. The second kappa shape index (κ2) is 8.91. The minimum atomic E-state index is -0.886. The molecule has 2 unspecified atom stereocenters. The topological polar surface area (TPSA) is 59.5 Å². The molecule has 1 N–H and O–H groups in total. The van der Waals surface area contributed by atoms with Crippen LogP contribution in [-0.4, -0.2) is 48.7 Å². The zero-order valence-electron chi connectivity index (χ0n) is 18.4. The van der Waals surface area contributed by atoms with Gasteiger partial charge in [-0.3, -0.25) is 0 Å². The van der Waals surface area contributed by atoms with Gasteiger partial charge in [-0.05, 0) is 55.8 Å². The largest absolute Gasteiger partial charge is 0.493 e. The van der Waals surface area contributed by atoms with Gasteiger partial charge in [-0.2, -0.15) is 0 Å². The zero-order valence-corrected chi connectivity index (χ0v) is 19.2. The Hall–Kier alpha value is -2.71. The summed E-state index contributed by atoms with van der Waals surface area (Å²) in [5, 5.41) is 2.92. The van der Waals surface area contributed by atoms with Crippen molar-refractivity contribution < 1.29 is 18.3 Å². The van der Waals surface area contributed by atoms with Gasteiger partial charge in [0.25, 0.3) is 0 Å². The minimum Gasteiger partial charge on any atom is -0.493 e. The molecule has 0 amide bonds. The number of fused-ring (bicyclic) bond motifs is 2. The van der Waals surface area contributed by atoms with E-state index >= 15 is 0 Å². The van der Waals surface area contributed by atoms with Crippen LogP contribution in [0.4, 0.5) is 20.3 Å². The Balaban J connectivity index is 1.37. The van der Waals surface area contributed by atoms with Crippen LogP contribution in [0, 0.1) is 29.4 Å². The summed E-state index contributed by atoms with van der Waals surface area (Å²) in [4.78, 5) is 11.0. The van der Waals surface area contributed by atoms with Crippen LogP contribution in [0.1, 0.15) is 12.8 Å². The fourth-order valence-corrected chi connectivity index (χ4v) is 5.35. The van der Waals surface area contributed by atoms with E-state index in [4.69, 9.17) is 21.1 Å². The first-order valence-electron chi connectivity index (χ1n) is 11.0. The number of benzene rings is 2. The van der Waals surface area contributed by atoms with Crippen molar-refractivity contribution >= 4 is 34.0 Å².